The molecule has 2 rings (SSSR count). The highest BCUT2D eigenvalue weighted by atomic mass is 19.1. The van der Waals surface area contributed by atoms with E-state index in [1.165, 1.54) is 18.2 Å². The number of rotatable bonds is 4. The van der Waals surface area contributed by atoms with E-state index in [2.05, 4.69) is 0 Å². The van der Waals surface area contributed by atoms with Gasteiger partial charge in [-0.1, -0.05) is 18.2 Å². The molecule has 0 saturated heterocycles. The van der Waals surface area contributed by atoms with Gasteiger partial charge in [0.15, 0.2) is 0 Å². The second-order valence-electron chi connectivity index (χ2n) is 4.95. The highest BCUT2D eigenvalue weighted by Crippen LogP contribution is 2.28. The molecule has 2 N–H and O–H groups in total. The molecule has 20 heavy (non-hydrogen) atoms. The Balaban J connectivity index is 2.30. The molecule has 2 aromatic rings. The van der Waals surface area contributed by atoms with E-state index in [4.69, 9.17) is 5.73 Å². The van der Waals surface area contributed by atoms with E-state index >= 15 is 0 Å². The van der Waals surface area contributed by atoms with Crippen LogP contribution < -0.4 is 10.6 Å². The van der Waals surface area contributed by atoms with Gasteiger partial charge in [-0.05, 0) is 36.8 Å². The Morgan fingerprint density at radius 1 is 1.15 bits per heavy atom. The molecule has 4 heteroatoms. The van der Waals surface area contributed by atoms with Gasteiger partial charge in [0.1, 0.15) is 11.6 Å². The zero-order valence-corrected chi connectivity index (χ0v) is 11.6. The lowest BCUT2D eigenvalue weighted by Gasteiger charge is -2.24. The Kier molecular flexibility index (Phi) is 4.35. The molecule has 2 nitrogen and oxygen atoms in total. The highest BCUT2D eigenvalue weighted by Gasteiger charge is 2.15. The molecule has 0 spiro atoms. The molecule has 0 unspecified atom stereocenters. The monoisotopic (exact) mass is 276 g/mol. The molecule has 0 aliphatic heterocycles. The van der Waals surface area contributed by atoms with Gasteiger partial charge in [0.25, 0.3) is 0 Å². The number of benzene rings is 2. The lowest BCUT2D eigenvalue weighted by atomic mass is 10.0. The number of nitrogens with two attached hydrogens (primary N) is 1. The van der Waals surface area contributed by atoms with Crippen LogP contribution in [0.5, 0.6) is 0 Å². The molecule has 0 heterocycles. The second kappa shape index (κ2) is 6.01. The molecule has 0 fully saturated rings. The van der Waals surface area contributed by atoms with Crippen molar-refractivity contribution in [1.82, 2.24) is 0 Å². The van der Waals surface area contributed by atoms with Crippen LogP contribution in [0.3, 0.4) is 0 Å². The summed E-state index contributed by atoms with van der Waals surface area (Å²) in [7, 11) is 1.84. The van der Waals surface area contributed by atoms with Crippen molar-refractivity contribution in [3.63, 3.8) is 0 Å². The number of hydrogen-bond acceptors (Lipinski definition) is 2. The van der Waals surface area contributed by atoms with Crippen LogP contribution in [0.1, 0.15) is 24.1 Å². The van der Waals surface area contributed by atoms with Crippen LogP contribution in [0.25, 0.3) is 0 Å². The number of nitrogens with zero attached hydrogens (tertiary/aromatic N) is 1. The summed E-state index contributed by atoms with van der Waals surface area (Å²) < 4.78 is 27.1. The standard InChI is InChI=1S/C16H18F2N2/c1-11(19)16-14(18)7-4-8-15(16)20(2)10-12-5-3-6-13(17)9-12/h3-9,11H,10,19H2,1-2H3/t11-/m0/s1. The fourth-order valence-electron chi connectivity index (χ4n) is 2.30. The summed E-state index contributed by atoms with van der Waals surface area (Å²) >= 11 is 0. The quantitative estimate of drug-likeness (QED) is 0.924. The van der Waals surface area contributed by atoms with Gasteiger partial charge in [-0.3, -0.25) is 0 Å². The van der Waals surface area contributed by atoms with E-state index in [-0.39, 0.29) is 11.6 Å². The number of halogens is 2. The molecule has 0 aliphatic rings. The SMILES string of the molecule is C[C@H](N)c1c(F)cccc1N(C)Cc1cccc(F)c1. The number of hydrogen-bond donors (Lipinski definition) is 1. The summed E-state index contributed by atoms with van der Waals surface area (Å²) in [5.41, 5.74) is 7.87. The maximum absolute atomic E-state index is 13.9. The summed E-state index contributed by atoms with van der Waals surface area (Å²) in [5, 5.41) is 0. The first-order chi connectivity index (χ1) is 9.49. The zero-order valence-electron chi connectivity index (χ0n) is 11.6. The lowest BCUT2D eigenvalue weighted by Crippen LogP contribution is -2.21. The summed E-state index contributed by atoms with van der Waals surface area (Å²) in [6.07, 6.45) is 0. The van der Waals surface area contributed by atoms with Crippen LogP contribution in [-0.2, 0) is 6.54 Å². The average molecular weight is 276 g/mol. The van der Waals surface area contributed by atoms with Gasteiger partial charge in [-0.25, -0.2) is 8.78 Å². The maximum Gasteiger partial charge on any atom is 0.130 e. The normalized spacial score (nSPS) is 12.2. The van der Waals surface area contributed by atoms with E-state index in [9.17, 15) is 8.78 Å². The molecule has 0 radical (unpaired) electrons. The molecule has 2 aromatic carbocycles. The number of anilines is 1. The summed E-state index contributed by atoms with van der Waals surface area (Å²) in [6.45, 7) is 2.23. The molecule has 1 atom stereocenters. The smallest absolute Gasteiger partial charge is 0.130 e. The Morgan fingerprint density at radius 3 is 2.50 bits per heavy atom. The van der Waals surface area contributed by atoms with Gasteiger partial charge in [-0.15, -0.1) is 0 Å². The minimum atomic E-state index is -0.402. The van der Waals surface area contributed by atoms with Crippen molar-refractivity contribution in [2.24, 2.45) is 5.73 Å². The van der Waals surface area contributed by atoms with E-state index < -0.39 is 6.04 Å². The van der Waals surface area contributed by atoms with Crippen molar-refractivity contribution in [3.8, 4) is 0 Å². The lowest BCUT2D eigenvalue weighted by molar-refractivity contribution is 0.592. The molecule has 0 aromatic heterocycles. The zero-order chi connectivity index (χ0) is 14.7. The van der Waals surface area contributed by atoms with Crippen LogP contribution in [-0.4, -0.2) is 7.05 Å². The minimum Gasteiger partial charge on any atom is -0.370 e. The summed E-state index contributed by atoms with van der Waals surface area (Å²) in [5.74, 6) is -0.592. The fourth-order valence-corrected chi connectivity index (χ4v) is 2.30. The van der Waals surface area contributed by atoms with Crippen LogP contribution >= 0.6 is 0 Å². The van der Waals surface area contributed by atoms with Gasteiger partial charge in [0, 0.05) is 30.9 Å². The molecule has 0 saturated carbocycles. The van der Waals surface area contributed by atoms with Gasteiger partial charge in [-0.2, -0.15) is 0 Å². The first-order valence-electron chi connectivity index (χ1n) is 6.48. The van der Waals surface area contributed by atoms with Crippen molar-refractivity contribution >= 4 is 5.69 Å². The maximum atomic E-state index is 13.9. The van der Waals surface area contributed by atoms with Crippen molar-refractivity contribution < 1.29 is 8.78 Å². The molecular formula is C16H18F2N2. The Bertz CT molecular complexity index is 597. The van der Waals surface area contributed by atoms with Crippen LogP contribution in [0.15, 0.2) is 42.5 Å². The van der Waals surface area contributed by atoms with Gasteiger partial charge >= 0.3 is 0 Å². The van der Waals surface area contributed by atoms with Crippen molar-refractivity contribution in [1.29, 1.82) is 0 Å². The average Bonchev–Trinajstić information content (AvgIpc) is 2.37. The van der Waals surface area contributed by atoms with Crippen LogP contribution in [0, 0.1) is 11.6 Å². The summed E-state index contributed by atoms with van der Waals surface area (Å²) in [6, 6.07) is 10.8. The molecule has 0 amide bonds. The molecular weight excluding hydrogens is 258 g/mol. The third-order valence-electron chi connectivity index (χ3n) is 3.21. The second-order valence-corrected chi connectivity index (χ2v) is 4.95. The Morgan fingerprint density at radius 2 is 1.85 bits per heavy atom. The largest absolute Gasteiger partial charge is 0.370 e. The Hall–Kier alpha value is -1.94. The van der Waals surface area contributed by atoms with Gasteiger partial charge in [0.2, 0.25) is 0 Å². The van der Waals surface area contributed by atoms with Crippen LogP contribution in [0.2, 0.25) is 0 Å². The topological polar surface area (TPSA) is 29.3 Å². The van der Waals surface area contributed by atoms with Gasteiger partial charge < -0.3 is 10.6 Å². The first kappa shape index (κ1) is 14.5. The van der Waals surface area contributed by atoms with Crippen LogP contribution in [0.4, 0.5) is 14.5 Å². The van der Waals surface area contributed by atoms with E-state index in [1.54, 1.807) is 19.1 Å². The third-order valence-corrected chi connectivity index (χ3v) is 3.21. The molecule has 106 valence electrons. The van der Waals surface area contributed by atoms with Crippen molar-refractivity contribution in [3.05, 3.63) is 65.2 Å². The van der Waals surface area contributed by atoms with E-state index in [0.29, 0.717) is 12.1 Å². The predicted octanol–water partition coefficient (Wildman–Crippen LogP) is 3.62. The summed E-state index contributed by atoms with van der Waals surface area (Å²) in [4.78, 5) is 1.87. The first-order valence-corrected chi connectivity index (χ1v) is 6.48. The Labute approximate surface area is 117 Å². The predicted molar refractivity (Wildman–Crippen MR) is 77.5 cm³/mol. The van der Waals surface area contributed by atoms with Crippen molar-refractivity contribution in [2.75, 3.05) is 11.9 Å². The van der Waals surface area contributed by atoms with Gasteiger partial charge in [0.05, 0.1) is 0 Å². The third kappa shape index (κ3) is 3.14. The highest BCUT2D eigenvalue weighted by molar-refractivity contribution is 5.55. The van der Waals surface area contributed by atoms with E-state index in [0.717, 1.165) is 11.3 Å². The van der Waals surface area contributed by atoms with E-state index in [1.807, 2.05) is 24.1 Å². The molecule has 0 aliphatic carbocycles. The minimum absolute atomic E-state index is 0.275. The molecule has 0 bridgehead atoms. The fraction of sp³-hybridized carbons (Fsp3) is 0.250. The van der Waals surface area contributed by atoms with Crippen molar-refractivity contribution in [2.45, 2.75) is 19.5 Å².